The number of rotatable bonds is 4. The number of amides is 3. The van der Waals surface area contributed by atoms with Gasteiger partial charge in [-0.25, -0.2) is 4.90 Å². The number of hydrogen-bond acceptors (Lipinski definition) is 6. The third-order valence-electron chi connectivity index (χ3n) is 4.74. The van der Waals surface area contributed by atoms with Crippen molar-refractivity contribution in [2.75, 3.05) is 16.8 Å². The van der Waals surface area contributed by atoms with Crippen LogP contribution in [0.4, 0.5) is 11.4 Å². The molecule has 29 heavy (non-hydrogen) atoms. The highest BCUT2D eigenvalue weighted by atomic mass is 35.5. The zero-order chi connectivity index (χ0) is 20.7. The van der Waals surface area contributed by atoms with Gasteiger partial charge in [-0.05, 0) is 55.3 Å². The van der Waals surface area contributed by atoms with Crippen molar-refractivity contribution in [1.29, 1.82) is 0 Å². The number of benzene rings is 2. The van der Waals surface area contributed by atoms with Crippen LogP contribution in [0.15, 0.2) is 52.8 Å². The van der Waals surface area contributed by atoms with Crippen molar-refractivity contribution >= 4 is 40.7 Å². The molecular formula is C20H18ClN5O3. The summed E-state index contributed by atoms with van der Waals surface area (Å²) in [5.41, 5.74) is 3.08. The van der Waals surface area contributed by atoms with Crippen LogP contribution in [0.5, 0.6) is 0 Å². The molecule has 2 aliphatic heterocycles. The Morgan fingerprint density at radius 1 is 1.10 bits per heavy atom. The fourth-order valence-corrected chi connectivity index (χ4v) is 3.80. The summed E-state index contributed by atoms with van der Waals surface area (Å²) in [6.45, 7) is 3.68. The fourth-order valence-electron chi connectivity index (χ4n) is 3.62. The Hall–Kier alpha value is -3.26. The van der Waals surface area contributed by atoms with Crippen molar-refractivity contribution < 1.29 is 14.4 Å². The molecule has 2 aromatic rings. The van der Waals surface area contributed by atoms with E-state index >= 15 is 0 Å². The summed E-state index contributed by atoms with van der Waals surface area (Å²) < 4.78 is 0. The molecule has 0 aliphatic carbocycles. The summed E-state index contributed by atoms with van der Waals surface area (Å²) in [6.07, 6.45) is 0. The number of nitrogens with zero attached hydrogens (tertiary/aromatic N) is 4. The van der Waals surface area contributed by atoms with Crippen molar-refractivity contribution in [1.82, 2.24) is 5.01 Å². The maximum atomic E-state index is 12.9. The molecule has 0 unspecified atom stereocenters. The van der Waals surface area contributed by atoms with E-state index in [9.17, 15) is 14.4 Å². The average molecular weight is 412 g/mol. The van der Waals surface area contributed by atoms with Crippen molar-refractivity contribution in [3.8, 4) is 0 Å². The second-order valence-electron chi connectivity index (χ2n) is 7.11. The smallest absolute Gasteiger partial charge is 0.263 e. The van der Waals surface area contributed by atoms with E-state index < -0.39 is 23.9 Å². The van der Waals surface area contributed by atoms with Crippen LogP contribution in [0.3, 0.4) is 0 Å². The zero-order valence-corrected chi connectivity index (χ0v) is 16.6. The molecule has 8 nitrogen and oxygen atoms in total. The number of aryl methyl sites for hydroxylation is 2. The minimum absolute atomic E-state index is 0.194. The van der Waals surface area contributed by atoms with E-state index in [-0.39, 0.29) is 12.5 Å². The molecule has 0 aromatic heterocycles. The molecule has 0 bridgehead atoms. The third-order valence-corrected chi connectivity index (χ3v) is 4.97. The molecule has 1 saturated heterocycles. The van der Waals surface area contributed by atoms with Gasteiger partial charge in [-0.15, -0.1) is 0 Å². The van der Waals surface area contributed by atoms with E-state index in [0.29, 0.717) is 16.4 Å². The summed E-state index contributed by atoms with van der Waals surface area (Å²) >= 11 is 5.98. The van der Waals surface area contributed by atoms with E-state index in [1.165, 1.54) is 11.1 Å². The van der Waals surface area contributed by atoms with E-state index in [0.717, 1.165) is 16.0 Å². The number of halogens is 1. The molecule has 2 aliphatic rings. The van der Waals surface area contributed by atoms with Gasteiger partial charge >= 0.3 is 0 Å². The molecule has 4 rings (SSSR count). The van der Waals surface area contributed by atoms with Crippen molar-refractivity contribution in [2.24, 2.45) is 10.3 Å². The predicted octanol–water partition coefficient (Wildman–Crippen LogP) is 2.89. The van der Waals surface area contributed by atoms with Gasteiger partial charge < -0.3 is 5.32 Å². The lowest BCUT2D eigenvalue weighted by molar-refractivity contribution is -0.123. The lowest BCUT2D eigenvalue weighted by Crippen LogP contribution is -2.43. The van der Waals surface area contributed by atoms with Gasteiger partial charge in [0, 0.05) is 10.7 Å². The zero-order valence-electron chi connectivity index (χ0n) is 15.8. The van der Waals surface area contributed by atoms with Crippen LogP contribution in [-0.2, 0) is 14.4 Å². The third kappa shape index (κ3) is 3.58. The molecule has 2 aromatic carbocycles. The monoisotopic (exact) mass is 411 g/mol. The molecule has 2 heterocycles. The van der Waals surface area contributed by atoms with Gasteiger partial charge in [0.2, 0.25) is 5.91 Å². The predicted molar refractivity (Wildman–Crippen MR) is 108 cm³/mol. The highest BCUT2D eigenvalue weighted by molar-refractivity contribution is 6.31. The molecule has 1 N–H and O–H groups in total. The van der Waals surface area contributed by atoms with Gasteiger partial charge in [0.15, 0.2) is 12.1 Å². The van der Waals surface area contributed by atoms with Crippen LogP contribution in [0.1, 0.15) is 11.1 Å². The first-order valence-corrected chi connectivity index (χ1v) is 9.40. The molecular weight excluding hydrogens is 394 g/mol. The summed E-state index contributed by atoms with van der Waals surface area (Å²) in [6, 6.07) is 10.3. The lowest BCUT2D eigenvalue weighted by Gasteiger charge is -2.20. The maximum Gasteiger partial charge on any atom is 0.263 e. The summed E-state index contributed by atoms with van der Waals surface area (Å²) in [7, 11) is 0. The number of anilines is 2. The Balaban J connectivity index is 1.49. The van der Waals surface area contributed by atoms with Gasteiger partial charge in [-0.3, -0.25) is 19.4 Å². The van der Waals surface area contributed by atoms with Crippen LogP contribution in [0, 0.1) is 13.8 Å². The number of nitrogens with one attached hydrogen (secondary N) is 1. The summed E-state index contributed by atoms with van der Waals surface area (Å²) in [5.74, 6) is -1.31. The van der Waals surface area contributed by atoms with Crippen LogP contribution in [0.25, 0.3) is 0 Å². The topological polar surface area (TPSA) is 94.4 Å². The number of fused-ring (bicyclic) bond motifs is 1. The Morgan fingerprint density at radius 3 is 2.52 bits per heavy atom. The summed E-state index contributed by atoms with van der Waals surface area (Å²) in [4.78, 5) is 39.1. The molecule has 0 saturated carbocycles. The molecule has 9 heteroatoms. The molecule has 3 amide bonds. The van der Waals surface area contributed by atoms with E-state index in [1.54, 1.807) is 18.2 Å². The first-order valence-electron chi connectivity index (χ1n) is 9.02. The van der Waals surface area contributed by atoms with Crippen LogP contribution >= 0.6 is 11.6 Å². The highest BCUT2D eigenvalue weighted by Gasteiger charge is 2.55. The number of imide groups is 1. The standard InChI is InChI=1S/C20H18ClN5O3/c1-11-6-12(2)8-14(7-11)22-16(27)10-25-18-17(23-24-25)19(28)26(20(18)29)15-5-3-4-13(21)9-15/h3-9,17-18H,10H2,1-2H3,(H,22,27)/t17-,18-/m1/s1. The minimum Gasteiger partial charge on any atom is -0.324 e. The van der Waals surface area contributed by atoms with Crippen molar-refractivity contribution in [3.63, 3.8) is 0 Å². The Kier molecular flexibility index (Phi) is 4.79. The number of hydrogen-bond donors (Lipinski definition) is 1. The van der Waals surface area contributed by atoms with E-state index in [1.807, 2.05) is 32.0 Å². The van der Waals surface area contributed by atoms with Gasteiger partial charge in [0.1, 0.15) is 6.54 Å². The minimum atomic E-state index is -0.963. The van der Waals surface area contributed by atoms with Gasteiger partial charge in [0.25, 0.3) is 11.8 Å². The quantitative estimate of drug-likeness (QED) is 0.782. The molecule has 0 spiro atoms. The van der Waals surface area contributed by atoms with Crippen LogP contribution in [0.2, 0.25) is 5.02 Å². The average Bonchev–Trinajstić information content (AvgIpc) is 3.14. The van der Waals surface area contributed by atoms with Gasteiger partial charge in [-0.2, -0.15) is 5.11 Å². The Morgan fingerprint density at radius 2 is 1.83 bits per heavy atom. The van der Waals surface area contributed by atoms with E-state index in [2.05, 4.69) is 15.7 Å². The first kappa shape index (κ1) is 19.1. The fraction of sp³-hybridized carbons (Fsp3) is 0.250. The lowest BCUT2D eigenvalue weighted by atomic mass is 10.1. The van der Waals surface area contributed by atoms with Crippen molar-refractivity contribution in [3.05, 3.63) is 58.6 Å². The molecule has 148 valence electrons. The number of carbonyl (C=O) groups is 3. The molecule has 1 fully saturated rings. The second kappa shape index (κ2) is 7.29. The second-order valence-corrected chi connectivity index (χ2v) is 7.54. The maximum absolute atomic E-state index is 12.9. The van der Waals surface area contributed by atoms with Gasteiger partial charge in [0.05, 0.1) is 5.69 Å². The highest BCUT2D eigenvalue weighted by Crippen LogP contribution is 2.32. The SMILES string of the molecule is Cc1cc(C)cc(NC(=O)CN2N=N[C@H]3C(=O)N(c4cccc(Cl)c4)C(=O)[C@@H]32)c1. The first-order chi connectivity index (χ1) is 13.8. The van der Waals surface area contributed by atoms with Crippen molar-refractivity contribution in [2.45, 2.75) is 25.9 Å². The normalized spacial score (nSPS) is 20.4. The van der Waals surface area contributed by atoms with Crippen LogP contribution in [-0.4, -0.2) is 41.4 Å². The van der Waals surface area contributed by atoms with Crippen LogP contribution < -0.4 is 10.2 Å². The Labute approximate surface area is 172 Å². The number of carbonyl (C=O) groups excluding carboxylic acids is 3. The van der Waals surface area contributed by atoms with Gasteiger partial charge in [-0.1, -0.05) is 29.0 Å². The summed E-state index contributed by atoms with van der Waals surface area (Å²) in [5, 5.41) is 12.3. The largest absolute Gasteiger partial charge is 0.324 e. The Bertz CT molecular complexity index is 1030. The molecule has 0 radical (unpaired) electrons. The van der Waals surface area contributed by atoms with E-state index in [4.69, 9.17) is 11.6 Å². The molecule has 2 atom stereocenters.